The van der Waals surface area contributed by atoms with E-state index in [0.29, 0.717) is 41.9 Å². The summed E-state index contributed by atoms with van der Waals surface area (Å²) < 4.78 is 37.0. The van der Waals surface area contributed by atoms with Gasteiger partial charge in [0.1, 0.15) is 12.1 Å². The van der Waals surface area contributed by atoms with Crippen molar-refractivity contribution in [2.75, 3.05) is 32.3 Å². The van der Waals surface area contributed by atoms with Crippen molar-refractivity contribution < 1.29 is 22.7 Å². The molecule has 1 aromatic carbocycles. The predicted molar refractivity (Wildman–Crippen MR) is 120 cm³/mol. The highest BCUT2D eigenvalue weighted by Crippen LogP contribution is 2.28. The zero-order valence-electron chi connectivity index (χ0n) is 18.4. The van der Waals surface area contributed by atoms with Gasteiger partial charge in [0.05, 0.1) is 49.7 Å². The fourth-order valence-electron chi connectivity index (χ4n) is 3.98. The van der Waals surface area contributed by atoms with Crippen molar-refractivity contribution in [1.82, 2.24) is 24.6 Å². The van der Waals surface area contributed by atoms with Crippen molar-refractivity contribution in [2.45, 2.75) is 25.4 Å². The van der Waals surface area contributed by atoms with E-state index in [4.69, 9.17) is 9.47 Å². The number of amides is 1. The number of carbonyl (C=O) groups excluding carboxylic acids is 1. The molecule has 4 rings (SSSR count). The summed E-state index contributed by atoms with van der Waals surface area (Å²) in [6.07, 6.45) is 3.87. The average molecular weight is 476 g/mol. The van der Waals surface area contributed by atoms with Crippen LogP contribution >= 0.6 is 0 Å². The van der Waals surface area contributed by atoms with Crippen molar-refractivity contribution in [3.63, 3.8) is 0 Å². The molecule has 1 saturated heterocycles. The number of nitrogens with one attached hydrogen (secondary N) is 1. The lowest BCUT2D eigenvalue weighted by molar-refractivity contribution is -0.121. The fraction of sp³-hybridized carbons (Fsp3) is 0.429. The number of rotatable bonds is 8. The molecule has 1 N–H and O–H groups in total. The summed E-state index contributed by atoms with van der Waals surface area (Å²) >= 11 is 0. The molecule has 33 heavy (non-hydrogen) atoms. The molecule has 1 aliphatic rings. The Morgan fingerprint density at radius 1 is 1.18 bits per heavy atom. The first-order valence-corrected chi connectivity index (χ1v) is 12.2. The Balaban J connectivity index is 1.44. The van der Waals surface area contributed by atoms with E-state index in [1.807, 2.05) is 12.1 Å². The second-order valence-electron chi connectivity index (χ2n) is 7.83. The molecule has 2 aromatic heterocycles. The maximum absolute atomic E-state index is 12.5. The van der Waals surface area contributed by atoms with Crippen LogP contribution in [0.4, 0.5) is 0 Å². The van der Waals surface area contributed by atoms with Gasteiger partial charge in [0, 0.05) is 6.54 Å². The van der Waals surface area contributed by atoms with Gasteiger partial charge in [0.25, 0.3) is 0 Å². The Kier molecular flexibility index (Phi) is 6.36. The fourth-order valence-corrected chi connectivity index (χ4v) is 5.67. The van der Waals surface area contributed by atoms with Crippen molar-refractivity contribution in [1.29, 1.82) is 0 Å². The predicted octanol–water partition coefficient (Wildman–Crippen LogP) is 0.329. The second-order valence-corrected chi connectivity index (χ2v) is 10.1. The van der Waals surface area contributed by atoms with Crippen LogP contribution in [0, 0.1) is 0 Å². The maximum atomic E-state index is 12.5. The maximum Gasteiger partial charge on any atom is 0.348 e. The highest BCUT2D eigenvalue weighted by molar-refractivity contribution is 7.91. The first kappa shape index (κ1) is 22.8. The minimum Gasteiger partial charge on any atom is -0.493 e. The molecular formula is C21H25N5O6S. The van der Waals surface area contributed by atoms with Gasteiger partial charge in [-0.3, -0.25) is 14.0 Å². The van der Waals surface area contributed by atoms with E-state index in [2.05, 4.69) is 15.4 Å². The number of ether oxygens (including phenoxy) is 2. The monoisotopic (exact) mass is 475 g/mol. The summed E-state index contributed by atoms with van der Waals surface area (Å²) in [7, 11) is 0.0251. The molecule has 0 bridgehead atoms. The molecule has 1 amide bonds. The minimum atomic E-state index is -3.10. The molecule has 3 heterocycles. The van der Waals surface area contributed by atoms with Crippen molar-refractivity contribution in [3.8, 4) is 11.5 Å². The zero-order chi connectivity index (χ0) is 23.6. The standard InChI is InChI=1S/C21H25N5O6S/c1-31-18-4-3-14(9-19(18)32-2)5-7-22-20(27)12-25-16-11-24-26(17(16)10-23-21(25)28)15-6-8-33(29,30)13-15/h3-4,9-11,15H,5-8,12-13H2,1-2H3,(H,22,27). The highest BCUT2D eigenvalue weighted by atomic mass is 32.2. The van der Waals surface area contributed by atoms with Crippen molar-refractivity contribution >= 4 is 26.8 Å². The third-order valence-electron chi connectivity index (χ3n) is 5.67. The van der Waals surface area contributed by atoms with Crippen LogP contribution in [-0.2, 0) is 27.6 Å². The summed E-state index contributed by atoms with van der Waals surface area (Å²) in [5.74, 6) is 0.996. The van der Waals surface area contributed by atoms with E-state index in [-0.39, 0.29) is 30.0 Å². The smallest absolute Gasteiger partial charge is 0.348 e. The lowest BCUT2D eigenvalue weighted by atomic mass is 10.1. The molecule has 1 unspecified atom stereocenters. The Labute approximate surface area is 190 Å². The quantitative estimate of drug-likeness (QED) is 0.493. The van der Waals surface area contributed by atoms with E-state index in [0.717, 1.165) is 5.56 Å². The van der Waals surface area contributed by atoms with Gasteiger partial charge in [-0.05, 0) is 30.5 Å². The third-order valence-corrected chi connectivity index (χ3v) is 7.42. The molecule has 0 aliphatic carbocycles. The molecule has 0 spiro atoms. The van der Waals surface area contributed by atoms with Crippen molar-refractivity contribution in [3.05, 3.63) is 46.6 Å². The lowest BCUT2D eigenvalue weighted by Gasteiger charge is -2.12. The topological polar surface area (TPSA) is 134 Å². The number of sulfone groups is 1. The molecule has 1 atom stereocenters. The van der Waals surface area contributed by atoms with Crippen LogP contribution < -0.4 is 20.5 Å². The normalized spacial score (nSPS) is 17.2. The Bertz CT molecular complexity index is 1350. The number of aromatic nitrogens is 4. The first-order valence-electron chi connectivity index (χ1n) is 10.4. The van der Waals surface area contributed by atoms with Gasteiger partial charge in [-0.2, -0.15) is 10.1 Å². The number of hydrogen-bond acceptors (Lipinski definition) is 8. The van der Waals surface area contributed by atoms with E-state index < -0.39 is 15.5 Å². The summed E-state index contributed by atoms with van der Waals surface area (Å²) in [5, 5.41) is 7.09. The van der Waals surface area contributed by atoms with Crippen LogP contribution in [-0.4, -0.2) is 65.9 Å². The first-order chi connectivity index (χ1) is 15.8. The SMILES string of the molecule is COc1ccc(CCNC(=O)Cn2c(=O)ncc3c2cnn3C2CCS(=O)(=O)C2)cc1OC. The van der Waals surface area contributed by atoms with Crippen LogP contribution in [0.5, 0.6) is 11.5 Å². The van der Waals surface area contributed by atoms with E-state index >= 15 is 0 Å². The Morgan fingerprint density at radius 3 is 2.67 bits per heavy atom. The Morgan fingerprint density at radius 2 is 1.97 bits per heavy atom. The van der Waals surface area contributed by atoms with Gasteiger partial charge in [-0.15, -0.1) is 0 Å². The lowest BCUT2D eigenvalue weighted by Crippen LogP contribution is -2.34. The number of carbonyl (C=O) groups is 1. The molecule has 3 aromatic rings. The van der Waals surface area contributed by atoms with Gasteiger partial charge in [-0.1, -0.05) is 6.07 Å². The van der Waals surface area contributed by atoms with Crippen LogP contribution in [0.25, 0.3) is 11.0 Å². The summed E-state index contributed by atoms with van der Waals surface area (Å²) in [4.78, 5) is 28.7. The van der Waals surface area contributed by atoms with Crippen LogP contribution in [0.15, 0.2) is 35.4 Å². The van der Waals surface area contributed by atoms with E-state index in [1.54, 1.807) is 25.0 Å². The summed E-state index contributed by atoms with van der Waals surface area (Å²) in [6, 6.07) is 5.23. The van der Waals surface area contributed by atoms with Gasteiger partial charge >= 0.3 is 5.69 Å². The van der Waals surface area contributed by atoms with Crippen LogP contribution in [0.2, 0.25) is 0 Å². The number of nitrogens with zero attached hydrogens (tertiary/aromatic N) is 4. The van der Waals surface area contributed by atoms with Gasteiger partial charge in [0.2, 0.25) is 5.91 Å². The molecular weight excluding hydrogens is 450 g/mol. The van der Waals surface area contributed by atoms with Crippen molar-refractivity contribution in [2.24, 2.45) is 0 Å². The Hall–Kier alpha value is -3.41. The van der Waals surface area contributed by atoms with Crippen LogP contribution in [0.1, 0.15) is 18.0 Å². The molecule has 1 aliphatic heterocycles. The zero-order valence-corrected chi connectivity index (χ0v) is 19.2. The number of benzene rings is 1. The number of hydrogen-bond donors (Lipinski definition) is 1. The number of fused-ring (bicyclic) bond motifs is 1. The summed E-state index contributed by atoms with van der Waals surface area (Å²) in [6.45, 7) is 0.148. The van der Waals surface area contributed by atoms with E-state index in [1.165, 1.54) is 17.0 Å². The van der Waals surface area contributed by atoms with Gasteiger partial charge in [-0.25, -0.2) is 13.2 Å². The number of methoxy groups -OCH3 is 2. The molecule has 11 nitrogen and oxygen atoms in total. The largest absolute Gasteiger partial charge is 0.493 e. The molecule has 0 saturated carbocycles. The molecule has 12 heteroatoms. The minimum absolute atomic E-state index is 0.000458. The van der Waals surface area contributed by atoms with Crippen LogP contribution in [0.3, 0.4) is 0 Å². The molecule has 1 fully saturated rings. The second kappa shape index (κ2) is 9.22. The van der Waals surface area contributed by atoms with Gasteiger partial charge < -0.3 is 14.8 Å². The summed E-state index contributed by atoms with van der Waals surface area (Å²) in [5.41, 5.74) is 1.35. The van der Waals surface area contributed by atoms with E-state index in [9.17, 15) is 18.0 Å². The molecule has 0 radical (unpaired) electrons. The molecule has 176 valence electrons. The third kappa shape index (κ3) is 4.85. The average Bonchev–Trinajstić information content (AvgIpc) is 3.38. The van der Waals surface area contributed by atoms with Gasteiger partial charge in [0.15, 0.2) is 21.3 Å². The highest BCUT2D eigenvalue weighted by Gasteiger charge is 2.31.